The number of amides is 1. The molecule has 0 aliphatic rings. The third kappa shape index (κ3) is 4.05. The highest BCUT2D eigenvalue weighted by atomic mass is 16.4. The van der Waals surface area contributed by atoms with Crippen molar-refractivity contribution in [3.63, 3.8) is 0 Å². The molecule has 0 unspecified atom stereocenters. The number of benzene rings is 2. The normalized spacial score (nSPS) is 12.9. The van der Waals surface area contributed by atoms with Gasteiger partial charge in [-0.15, -0.1) is 0 Å². The van der Waals surface area contributed by atoms with Crippen molar-refractivity contribution in [1.82, 2.24) is 5.32 Å². The third-order valence-corrected chi connectivity index (χ3v) is 3.48. The molecular weight excluding hydrogens is 310 g/mol. The van der Waals surface area contributed by atoms with Crippen LogP contribution in [0.25, 0.3) is 0 Å². The second kappa shape index (κ2) is 7.52. The molecule has 3 N–H and O–H groups in total. The van der Waals surface area contributed by atoms with Crippen LogP contribution in [0.5, 0.6) is 0 Å². The van der Waals surface area contributed by atoms with Crippen molar-refractivity contribution >= 4 is 17.7 Å². The minimum Gasteiger partial charge on any atom is -0.480 e. The van der Waals surface area contributed by atoms with Crippen LogP contribution < -0.4 is 5.32 Å². The molecule has 24 heavy (non-hydrogen) atoms. The molecule has 0 aliphatic heterocycles. The summed E-state index contributed by atoms with van der Waals surface area (Å²) >= 11 is 0. The highest BCUT2D eigenvalue weighted by molar-refractivity contribution is 6.09. The maximum absolute atomic E-state index is 12.3. The van der Waals surface area contributed by atoms with E-state index < -0.39 is 24.0 Å². The number of aliphatic hydroxyl groups is 1. The minimum absolute atomic E-state index is 0.171. The number of nitrogens with one attached hydrogen (secondary N) is 1. The molecule has 1 amide bonds. The van der Waals surface area contributed by atoms with Gasteiger partial charge < -0.3 is 15.5 Å². The SMILES string of the molecule is C[C@@H](O)[C@H](NC(=O)c1ccc(C(=O)c2ccccc2)cc1)C(=O)O. The van der Waals surface area contributed by atoms with E-state index >= 15 is 0 Å². The van der Waals surface area contributed by atoms with E-state index in [0.717, 1.165) is 0 Å². The van der Waals surface area contributed by atoms with Gasteiger partial charge in [-0.1, -0.05) is 42.5 Å². The number of carbonyl (C=O) groups is 3. The van der Waals surface area contributed by atoms with Gasteiger partial charge in [-0.3, -0.25) is 9.59 Å². The molecule has 0 aromatic heterocycles. The Balaban J connectivity index is 2.13. The summed E-state index contributed by atoms with van der Waals surface area (Å²) in [5.41, 5.74) is 1.16. The molecule has 0 saturated heterocycles. The average molecular weight is 327 g/mol. The van der Waals surface area contributed by atoms with Gasteiger partial charge >= 0.3 is 5.97 Å². The van der Waals surface area contributed by atoms with Gasteiger partial charge in [0.05, 0.1) is 6.10 Å². The Kier molecular flexibility index (Phi) is 5.44. The van der Waals surface area contributed by atoms with Crippen LogP contribution in [0.15, 0.2) is 54.6 Å². The van der Waals surface area contributed by atoms with Crippen molar-refractivity contribution in [2.75, 3.05) is 0 Å². The monoisotopic (exact) mass is 327 g/mol. The first kappa shape index (κ1) is 17.4. The van der Waals surface area contributed by atoms with E-state index in [-0.39, 0.29) is 11.3 Å². The van der Waals surface area contributed by atoms with Crippen LogP contribution in [0, 0.1) is 0 Å². The van der Waals surface area contributed by atoms with Crippen molar-refractivity contribution in [2.24, 2.45) is 0 Å². The van der Waals surface area contributed by atoms with E-state index in [1.807, 2.05) is 6.07 Å². The molecule has 0 bridgehead atoms. The molecule has 0 saturated carbocycles. The Morgan fingerprint density at radius 2 is 1.38 bits per heavy atom. The predicted molar refractivity (Wildman–Crippen MR) is 86.9 cm³/mol. The van der Waals surface area contributed by atoms with Gasteiger partial charge in [0.2, 0.25) is 0 Å². The number of ketones is 1. The first-order valence-electron chi connectivity index (χ1n) is 7.31. The van der Waals surface area contributed by atoms with Crippen LogP contribution in [-0.4, -0.2) is 40.0 Å². The van der Waals surface area contributed by atoms with Gasteiger partial charge in [0, 0.05) is 16.7 Å². The minimum atomic E-state index is -1.40. The smallest absolute Gasteiger partial charge is 0.328 e. The van der Waals surface area contributed by atoms with E-state index in [9.17, 15) is 19.5 Å². The van der Waals surface area contributed by atoms with E-state index in [4.69, 9.17) is 5.11 Å². The van der Waals surface area contributed by atoms with Gasteiger partial charge in [-0.25, -0.2) is 4.79 Å². The Morgan fingerprint density at radius 3 is 1.88 bits per heavy atom. The fourth-order valence-electron chi connectivity index (χ4n) is 2.14. The number of carboxylic acid groups (broad SMARTS) is 1. The van der Waals surface area contributed by atoms with Crippen molar-refractivity contribution in [3.8, 4) is 0 Å². The highest BCUT2D eigenvalue weighted by Gasteiger charge is 2.25. The van der Waals surface area contributed by atoms with Crippen LogP contribution in [-0.2, 0) is 4.79 Å². The highest BCUT2D eigenvalue weighted by Crippen LogP contribution is 2.11. The molecule has 6 nitrogen and oxygen atoms in total. The molecule has 2 aromatic carbocycles. The zero-order valence-electron chi connectivity index (χ0n) is 13.0. The molecule has 0 radical (unpaired) electrons. The van der Waals surface area contributed by atoms with Crippen molar-refractivity contribution in [3.05, 3.63) is 71.3 Å². The zero-order chi connectivity index (χ0) is 17.7. The number of carboxylic acids is 1. The second-order valence-electron chi connectivity index (χ2n) is 5.30. The number of hydrogen-bond acceptors (Lipinski definition) is 4. The van der Waals surface area contributed by atoms with Gasteiger partial charge in [0.1, 0.15) is 0 Å². The Bertz CT molecular complexity index is 738. The lowest BCUT2D eigenvalue weighted by atomic mass is 10.0. The van der Waals surface area contributed by atoms with Crippen molar-refractivity contribution < 1.29 is 24.6 Å². The molecule has 0 spiro atoms. The van der Waals surface area contributed by atoms with E-state index in [0.29, 0.717) is 11.1 Å². The zero-order valence-corrected chi connectivity index (χ0v) is 13.0. The van der Waals surface area contributed by atoms with E-state index in [2.05, 4.69) is 5.32 Å². The number of rotatable bonds is 6. The third-order valence-electron chi connectivity index (χ3n) is 3.48. The maximum Gasteiger partial charge on any atom is 0.328 e. The summed E-state index contributed by atoms with van der Waals surface area (Å²) in [4.78, 5) is 35.3. The van der Waals surface area contributed by atoms with Crippen molar-refractivity contribution in [2.45, 2.75) is 19.1 Å². The summed E-state index contributed by atoms with van der Waals surface area (Å²) in [5.74, 6) is -2.13. The largest absolute Gasteiger partial charge is 0.480 e. The summed E-state index contributed by atoms with van der Waals surface area (Å²) in [6.45, 7) is 1.28. The number of aliphatic hydroxyl groups excluding tert-OH is 1. The average Bonchev–Trinajstić information content (AvgIpc) is 2.59. The summed E-state index contributed by atoms with van der Waals surface area (Å²) in [7, 11) is 0. The lowest BCUT2D eigenvalue weighted by molar-refractivity contribution is -0.141. The van der Waals surface area contributed by atoms with E-state index in [1.54, 1.807) is 24.3 Å². The lowest BCUT2D eigenvalue weighted by Crippen LogP contribution is -2.47. The summed E-state index contributed by atoms with van der Waals surface area (Å²) < 4.78 is 0. The topological polar surface area (TPSA) is 104 Å². The number of carbonyl (C=O) groups excluding carboxylic acids is 2. The second-order valence-corrected chi connectivity index (χ2v) is 5.30. The summed E-state index contributed by atoms with van der Waals surface area (Å²) in [6.07, 6.45) is -1.23. The number of aliphatic carboxylic acids is 1. The predicted octanol–water partition coefficient (Wildman–Crippen LogP) is 1.48. The lowest BCUT2D eigenvalue weighted by Gasteiger charge is -2.17. The van der Waals surface area contributed by atoms with Gasteiger partial charge in [-0.2, -0.15) is 0 Å². The molecule has 2 rings (SSSR count). The van der Waals surface area contributed by atoms with E-state index in [1.165, 1.54) is 31.2 Å². The fourth-order valence-corrected chi connectivity index (χ4v) is 2.14. The van der Waals surface area contributed by atoms with Crippen LogP contribution >= 0.6 is 0 Å². The molecular formula is C18H17NO5. The Morgan fingerprint density at radius 1 is 0.875 bits per heavy atom. The number of hydrogen-bond donors (Lipinski definition) is 3. The molecule has 124 valence electrons. The first-order valence-corrected chi connectivity index (χ1v) is 7.31. The van der Waals surface area contributed by atoms with Crippen LogP contribution in [0.4, 0.5) is 0 Å². The molecule has 0 aliphatic carbocycles. The molecule has 2 aromatic rings. The van der Waals surface area contributed by atoms with Gasteiger partial charge in [0.25, 0.3) is 5.91 Å². The van der Waals surface area contributed by atoms with Gasteiger partial charge in [0.15, 0.2) is 11.8 Å². The Hall–Kier alpha value is -2.99. The fraction of sp³-hybridized carbons (Fsp3) is 0.167. The summed E-state index contributed by atoms with van der Waals surface area (Å²) in [5, 5.41) is 20.6. The maximum atomic E-state index is 12.3. The first-order chi connectivity index (χ1) is 11.4. The van der Waals surface area contributed by atoms with Gasteiger partial charge in [-0.05, 0) is 19.1 Å². The standard InChI is InChI=1S/C18H17NO5/c1-11(20)15(18(23)24)19-17(22)14-9-7-13(8-10-14)16(21)12-5-3-2-4-6-12/h2-11,15,20H,1H3,(H,19,22)(H,23,24)/t11-,15+/m1/s1. The summed E-state index contributed by atoms with van der Waals surface area (Å²) in [6, 6.07) is 13.2. The molecule has 6 heteroatoms. The quantitative estimate of drug-likeness (QED) is 0.697. The van der Waals surface area contributed by atoms with Crippen LogP contribution in [0.3, 0.4) is 0 Å². The molecule has 0 heterocycles. The Labute approximate surface area is 138 Å². The van der Waals surface area contributed by atoms with Crippen LogP contribution in [0.1, 0.15) is 33.2 Å². The molecule has 2 atom stereocenters. The van der Waals surface area contributed by atoms with Crippen LogP contribution in [0.2, 0.25) is 0 Å². The molecule has 0 fully saturated rings. The van der Waals surface area contributed by atoms with Crippen molar-refractivity contribution in [1.29, 1.82) is 0 Å².